The van der Waals surface area contributed by atoms with Crippen LogP contribution in [0.4, 0.5) is 10.6 Å². The lowest BCUT2D eigenvalue weighted by Gasteiger charge is -2.27. The number of aryl methyl sites for hydroxylation is 1. The van der Waals surface area contributed by atoms with Crippen LogP contribution in [-0.4, -0.2) is 55.9 Å². The standard InChI is InChI=1S/C23H28N4O6/c1-12(2)14-6-5-13(3)9-16(14)32-22(30)31-10-17-19(28)20(29)23(4,33-17)18-8-7-15-21(24)25-11-26-27(15)18/h5-9,11-12,17,19-20,28-29H,10H2,1-4H3,(H2,24,25,26)/t17-,19-,20-,23+/m1/s1. The maximum Gasteiger partial charge on any atom is 0.513 e. The average molecular weight is 456 g/mol. The molecular formula is C23H28N4O6. The molecule has 1 aliphatic heterocycles. The maximum absolute atomic E-state index is 12.4. The number of hydrogen-bond donors (Lipinski definition) is 3. The first-order valence-electron chi connectivity index (χ1n) is 10.7. The van der Waals surface area contributed by atoms with Gasteiger partial charge in [-0.3, -0.25) is 0 Å². The third-order valence-electron chi connectivity index (χ3n) is 6.01. The van der Waals surface area contributed by atoms with Crippen LogP contribution in [-0.2, 0) is 15.1 Å². The van der Waals surface area contributed by atoms with Gasteiger partial charge in [0, 0.05) is 0 Å². The van der Waals surface area contributed by atoms with E-state index in [0.29, 0.717) is 17.0 Å². The minimum Gasteiger partial charge on any atom is -0.431 e. The molecule has 4 N–H and O–H groups in total. The normalized spacial score (nSPS) is 25.0. The Balaban J connectivity index is 1.47. The fraction of sp³-hybridized carbons (Fsp3) is 0.435. The molecule has 1 aromatic carbocycles. The van der Waals surface area contributed by atoms with E-state index in [9.17, 15) is 15.0 Å². The molecule has 1 aliphatic rings. The largest absolute Gasteiger partial charge is 0.513 e. The number of carbonyl (C=O) groups is 1. The topological polar surface area (TPSA) is 141 Å². The van der Waals surface area contributed by atoms with Crippen LogP contribution in [0, 0.1) is 6.92 Å². The number of fused-ring (bicyclic) bond motifs is 1. The maximum atomic E-state index is 12.4. The summed E-state index contributed by atoms with van der Waals surface area (Å²) in [5.41, 5.74) is 7.40. The number of rotatable bonds is 5. The number of nitrogen functional groups attached to an aromatic ring is 1. The summed E-state index contributed by atoms with van der Waals surface area (Å²) in [5, 5.41) is 25.6. The second kappa shape index (κ2) is 8.62. The Hall–Kier alpha value is -3.21. The third-order valence-corrected chi connectivity index (χ3v) is 6.01. The zero-order chi connectivity index (χ0) is 23.9. The van der Waals surface area contributed by atoms with Crippen LogP contribution in [0.25, 0.3) is 5.52 Å². The fourth-order valence-electron chi connectivity index (χ4n) is 4.13. The highest BCUT2D eigenvalue weighted by atomic mass is 16.7. The summed E-state index contributed by atoms with van der Waals surface area (Å²) < 4.78 is 18.1. The molecule has 4 atom stereocenters. The van der Waals surface area contributed by atoms with Gasteiger partial charge in [-0.2, -0.15) is 5.10 Å². The van der Waals surface area contributed by atoms with E-state index in [4.69, 9.17) is 19.9 Å². The molecular weight excluding hydrogens is 428 g/mol. The second-order valence-electron chi connectivity index (χ2n) is 8.72. The minimum absolute atomic E-state index is 0.152. The molecule has 0 unspecified atom stereocenters. The first-order chi connectivity index (χ1) is 15.6. The zero-order valence-corrected chi connectivity index (χ0v) is 18.9. The molecule has 2 aromatic heterocycles. The van der Waals surface area contributed by atoms with Crippen LogP contribution in [0.1, 0.15) is 43.5 Å². The van der Waals surface area contributed by atoms with Crippen molar-refractivity contribution in [1.82, 2.24) is 14.6 Å². The van der Waals surface area contributed by atoms with Crippen molar-refractivity contribution in [1.29, 1.82) is 0 Å². The summed E-state index contributed by atoms with van der Waals surface area (Å²) in [5.74, 6) is 0.844. The van der Waals surface area contributed by atoms with Crippen molar-refractivity contribution in [2.75, 3.05) is 12.3 Å². The molecule has 4 rings (SSSR count). The van der Waals surface area contributed by atoms with Crippen LogP contribution in [0.5, 0.6) is 5.75 Å². The van der Waals surface area contributed by atoms with E-state index in [1.165, 1.54) is 10.8 Å². The number of nitrogens with zero attached hydrogens (tertiary/aromatic N) is 3. The van der Waals surface area contributed by atoms with Crippen LogP contribution in [0.2, 0.25) is 0 Å². The van der Waals surface area contributed by atoms with E-state index in [2.05, 4.69) is 10.1 Å². The van der Waals surface area contributed by atoms with Crippen molar-refractivity contribution in [3.63, 3.8) is 0 Å². The molecule has 0 aliphatic carbocycles. The van der Waals surface area contributed by atoms with Gasteiger partial charge in [-0.05, 0) is 49.1 Å². The van der Waals surface area contributed by atoms with Gasteiger partial charge in [-0.1, -0.05) is 26.0 Å². The number of anilines is 1. The SMILES string of the molecule is Cc1ccc(C(C)C)c(OC(=O)OC[C@H]2O[C@@](C)(c3ccc4c(N)ncnn34)[C@H](O)[C@@H]2O)c1. The molecule has 3 heterocycles. The van der Waals surface area contributed by atoms with Gasteiger partial charge in [0.15, 0.2) is 5.82 Å². The molecule has 1 fully saturated rings. The van der Waals surface area contributed by atoms with Crippen LogP contribution < -0.4 is 10.5 Å². The highest BCUT2D eigenvalue weighted by Gasteiger charge is 2.54. The Kier molecular flexibility index (Phi) is 6.00. The van der Waals surface area contributed by atoms with E-state index in [0.717, 1.165) is 11.1 Å². The van der Waals surface area contributed by atoms with Crippen molar-refractivity contribution >= 4 is 17.5 Å². The van der Waals surface area contributed by atoms with Gasteiger partial charge in [0.25, 0.3) is 0 Å². The van der Waals surface area contributed by atoms with Gasteiger partial charge in [0.05, 0.1) is 5.69 Å². The van der Waals surface area contributed by atoms with E-state index in [1.807, 2.05) is 32.9 Å². The lowest BCUT2D eigenvalue weighted by molar-refractivity contribution is -0.0918. The Morgan fingerprint density at radius 2 is 2.06 bits per heavy atom. The summed E-state index contributed by atoms with van der Waals surface area (Å²) >= 11 is 0. The number of aromatic nitrogens is 3. The van der Waals surface area contributed by atoms with Gasteiger partial charge in [0.2, 0.25) is 0 Å². The van der Waals surface area contributed by atoms with Crippen molar-refractivity contribution in [3.05, 3.63) is 53.5 Å². The van der Waals surface area contributed by atoms with Gasteiger partial charge in [0.1, 0.15) is 48.1 Å². The Morgan fingerprint density at radius 3 is 2.79 bits per heavy atom. The molecule has 176 valence electrons. The van der Waals surface area contributed by atoms with Crippen LogP contribution >= 0.6 is 0 Å². The molecule has 0 radical (unpaired) electrons. The molecule has 10 heteroatoms. The lowest BCUT2D eigenvalue weighted by Crippen LogP contribution is -2.39. The predicted octanol–water partition coefficient (Wildman–Crippen LogP) is 2.29. The Labute approximate surface area is 190 Å². The van der Waals surface area contributed by atoms with Crippen molar-refractivity contribution < 1.29 is 29.2 Å². The van der Waals surface area contributed by atoms with Crippen LogP contribution in [0.3, 0.4) is 0 Å². The molecule has 10 nitrogen and oxygen atoms in total. The minimum atomic E-state index is -1.33. The van der Waals surface area contributed by atoms with Gasteiger partial charge in [-0.15, -0.1) is 0 Å². The molecule has 1 saturated heterocycles. The second-order valence-corrected chi connectivity index (χ2v) is 8.72. The molecule has 0 spiro atoms. The number of nitrogens with two attached hydrogens (primary N) is 1. The molecule has 0 amide bonds. The zero-order valence-electron chi connectivity index (χ0n) is 18.9. The summed E-state index contributed by atoms with van der Waals surface area (Å²) in [7, 11) is 0. The number of carbonyl (C=O) groups excluding carboxylic acids is 1. The Bertz CT molecular complexity index is 1180. The van der Waals surface area contributed by atoms with E-state index < -0.39 is 30.1 Å². The number of hydrogen-bond acceptors (Lipinski definition) is 9. The van der Waals surface area contributed by atoms with Gasteiger partial charge < -0.3 is 30.2 Å². The van der Waals surface area contributed by atoms with Crippen LogP contribution in [0.15, 0.2) is 36.7 Å². The monoisotopic (exact) mass is 456 g/mol. The molecule has 3 aromatic rings. The number of aliphatic hydroxyl groups is 2. The number of ether oxygens (including phenoxy) is 3. The number of benzene rings is 1. The quantitative estimate of drug-likeness (QED) is 0.389. The lowest BCUT2D eigenvalue weighted by atomic mass is 9.93. The van der Waals surface area contributed by atoms with E-state index >= 15 is 0 Å². The summed E-state index contributed by atoms with van der Waals surface area (Å²) in [6.45, 7) is 7.21. The van der Waals surface area contributed by atoms with Gasteiger partial charge in [-0.25, -0.2) is 14.3 Å². The van der Waals surface area contributed by atoms with Crippen molar-refractivity contribution in [2.24, 2.45) is 0 Å². The predicted molar refractivity (Wildman–Crippen MR) is 119 cm³/mol. The molecule has 0 saturated carbocycles. The first-order valence-corrected chi connectivity index (χ1v) is 10.7. The van der Waals surface area contributed by atoms with Crippen molar-refractivity contribution in [3.8, 4) is 5.75 Å². The van der Waals surface area contributed by atoms with E-state index in [1.54, 1.807) is 25.1 Å². The smallest absolute Gasteiger partial charge is 0.431 e. The van der Waals surface area contributed by atoms with E-state index in [-0.39, 0.29) is 18.3 Å². The first kappa shape index (κ1) is 23.0. The highest BCUT2D eigenvalue weighted by Crippen LogP contribution is 2.40. The summed E-state index contributed by atoms with van der Waals surface area (Å²) in [6, 6.07) is 9.02. The summed E-state index contributed by atoms with van der Waals surface area (Å²) in [4.78, 5) is 16.3. The average Bonchev–Trinajstić information content (AvgIpc) is 3.29. The third kappa shape index (κ3) is 4.12. The van der Waals surface area contributed by atoms with Gasteiger partial charge >= 0.3 is 6.16 Å². The van der Waals surface area contributed by atoms with Crippen molar-refractivity contribution in [2.45, 2.75) is 57.5 Å². The fourth-order valence-corrected chi connectivity index (χ4v) is 4.13. The highest BCUT2D eigenvalue weighted by molar-refractivity contribution is 5.66. The molecule has 33 heavy (non-hydrogen) atoms. The number of aliphatic hydroxyl groups excluding tert-OH is 2. The summed E-state index contributed by atoms with van der Waals surface area (Å²) in [6.07, 6.45) is -3.22. The molecule has 0 bridgehead atoms. The Morgan fingerprint density at radius 1 is 1.30 bits per heavy atom.